The molecule has 3 rings (SSSR count). The first kappa shape index (κ1) is 12.0. The summed E-state index contributed by atoms with van der Waals surface area (Å²) in [6.45, 7) is 5.88. The molecule has 19 heavy (non-hydrogen) atoms. The van der Waals surface area contributed by atoms with Crippen LogP contribution in [0.5, 0.6) is 0 Å². The summed E-state index contributed by atoms with van der Waals surface area (Å²) in [5, 5.41) is 7.72. The molecule has 1 aliphatic heterocycles. The summed E-state index contributed by atoms with van der Waals surface area (Å²) in [4.78, 5) is 6.75. The normalized spacial score (nSPS) is 14.1. The molecule has 0 unspecified atom stereocenters. The van der Waals surface area contributed by atoms with Gasteiger partial charge in [-0.2, -0.15) is 5.10 Å². The third-order valence-electron chi connectivity index (χ3n) is 3.41. The molecule has 0 saturated carbocycles. The monoisotopic (exact) mass is 257 g/mol. The summed E-state index contributed by atoms with van der Waals surface area (Å²) < 4.78 is 2.00. The minimum absolute atomic E-state index is 0.818. The molecule has 1 aliphatic rings. The number of nitrogens with zero attached hydrogens (tertiary/aromatic N) is 4. The van der Waals surface area contributed by atoms with Crippen LogP contribution in [0.25, 0.3) is 0 Å². The number of anilines is 2. The molecule has 2 aromatic rings. The van der Waals surface area contributed by atoms with Crippen molar-refractivity contribution in [3.05, 3.63) is 36.4 Å². The first-order chi connectivity index (χ1) is 9.38. The lowest BCUT2D eigenvalue weighted by Gasteiger charge is -2.31. The third kappa shape index (κ3) is 2.41. The number of para-hydroxylation sites is 2. The lowest BCUT2D eigenvalue weighted by molar-refractivity contribution is 0.561. The van der Waals surface area contributed by atoms with Crippen molar-refractivity contribution < 1.29 is 0 Å². The minimum atomic E-state index is 0.818. The molecule has 2 heterocycles. The Bertz CT molecular complexity index is 548. The van der Waals surface area contributed by atoms with Crippen LogP contribution in [0.1, 0.15) is 19.2 Å². The van der Waals surface area contributed by atoms with Crippen LogP contribution in [0, 0.1) is 0 Å². The summed E-state index contributed by atoms with van der Waals surface area (Å²) in [5.74, 6) is 1.04. The largest absolute Gasteiger partial charge is 0.382 e. The second-order valence-electron chi connectivity index (χ2n) is 4.76. The van der Waals surface area contributed by atoms with Crippen molar-refractivity contribution in [3.63, 3.8) is 0 Å². The van der Waals surface area contributed by atoms with Gasteiger partial charge in [-0.15, -0.1) is 0 Å². The van der Waals surface area contributed by atoms with E-state index in [0.29, 0.717) is 0 Å². The molecular weight excluding hydrogens is 238 g/mol. The van der Waals surface area contributed by atoms with Crippen LogP contribution in [-0.4, -0.2) is 27.9 Å². The maximum absolute atomic E-state index is 4.39. The first-order valence-electron chi connectivity index (χ1n) is 6.83. The van der Waals surface area contributed by atoms with Gasteiger partial charge in [0, 0.05) is 19.6 Å². The highest BCUT2D eigenvalue weighted by molar-refractivity contribution is 5.71. The topological polar surface area (TPSA) is 46.0 Å². The van der Waals surface area contributed by atoms with E-state index in [1.165, 1.54) is 11.4 Å². The molecule has 1 aromatic carbocycles. The van der Waals surface area contributed by atoms with E-state index in [-0.39, 0.29) is 0 Å². The molecule has 0 spiro atoms. The van der Waals surface area contributed by atoms with Crippen molar-refractivity contribution in [1.82, 2.24) is 14.8 Å². The van der Waals surface area contributed by atoms with Gasteiger partial charge in [-0.3, -0.25) is 0 Å². The Kier molecular flexibility index (Phi) is 3.35. The number of benzene rings is 1. The van der Waals surface area contributed by atoms with Gasteiger partial charge >= 0.3 is 0 Å². The zero-order chi connectivity index (χ0) is 13.1. The van der Waals surface area contributed by atoms with Crippen molar-refractivity contribution in [2.24, 2.45) is 0 Å². The van der Waals surface area contributed by atoms with E-state index >= 15 is 0 Å². The molecule has 5 heteroatoms. The molecule has 0 fully saturated rings. The number of hydrogen-bond acceptors (Lipinski definition) is 4. The van der Waals surface area contributed by atoms with Crippen LogP contribution >= 0.6 is 0 Å². The van der Waals surface area contributed by atoms with Gasteiger partial charge in [0.1, 0.15) is 12.2 Å². The van der Waals surface area contributed by atoms with Crippen molar-refractivity contribution in [3.8, 4) is 0 Å². The standard InChI is InChI=1S/C14H19N5/c1-2-8-19-14(16-11-17-19)10-18-9-7-15-12-5-3-4-6-13(12)18/h3-6,11,15H,2,7-10H2,1H3. The summed E-state index contributed by atoms with van der Waals surface area (Å²) in [5.41, 5.74) is 2.45. The predicted octanol–water partition coefficient (Wildman–Crippen LogP) is 2.12. The lowest BCUT2D eigenvalue weighted by Crippen LogP contribution is -2.34. The molecule has 0 atom stereocenters. The predicted molar refractivity (Wildman–Crippen MR) is 76.3 cm³/mol. The fourth-order valence-electron chi connectivity index (χ4n) is 2.49. The molecule has 1 aromatic heterocycles. The first-order valence-corrected chi connectivity index (χ1v) is 6.83. The SMILES string of the molecule is CCCn1ncnc1CN1CCNc2ccccc21. The summed E-state index contributed by atoms with van der Waals surface area (Å²) in [6, 6.07) is 8.42. The van der Waals surface area contributed by atoms with E-state index in [2.05, 4.69) is 51.5 Å². The van der Waals surface area contributed by atoms with E-state index < -0.39 is 0 Å². The van der Waals surface area contributed by atoms with Gasteiger partial charge in [0.15, 0.2) is 0 Å². The van der Waals surface area contributed by atoms with Gasteiger partial charge in [-0.05, 0) is 18.6 Å². The van der Waals surface area contributed by atoms with Crippen molar-refractivity contribution in [2.75, 3.05) is 23.3 Å². The second kappa shape index (κ2) is 5.30. The lowest BCUT2D eigenvalue weighted by atomic mass is 10.2. The summed E-state index contributed by atoms with van der Waals surface area (Å²) in [6.07, 6.45) is 2.73. The van der Waals surface area contributed by atoms with Crippen LogP contribution in [0.2, 0.25) is 0 Å². The van der Waals surface area contributed by atoms with Crippen LogP contribution < -0.4 is 10.2 Å². The summed E-state index contributed by atoms with van der Waals surface area (Å²) in [7, 11) is 0. The fourth-order valence-corrected chi connectivity index (χ4v) is 2.49. The summed E-state index contributed by atoms with van der Waals surface area (Å²) >= 11 is 0. The molecule has 0 radical (unpaired) electrons. The Hall–Kier alpha value is -2.04. The molecule has 0 amide bonds. The number of hydrogen-bond donors (Lipinski definition) is 1. The highest BCUT2D eigenvalue weighted by atomic mass is 15.4. The van der Waals surface area contributed by atoms with E-state index in [1.54, 1.807) is 6.33 Å². The van der Waals surface area contributed by atoms with Gasteiger partial charge in [-0.1, -0.05) is 19.1 Å². The van der Waals surface area contributed by atoms with Crippen molar-refractivity contribution >= 4 is 11.4 Å². The average molecular weight is 257 g/mol. The zero-order valence-corrected chi connectivity index (χ0v) is 11.2. The van der Waals surface area contributed by atoms with Crippen LogP contribution in [-0.2, 0) is 13.1 Å². The second-order valence-corrected chi connectivity index (χ2v) is 4.76. The van der Waals surface area contributed by atoms with Crippen LogP contribution in [0.3, 0.4) is 0 Å². The van der Waals surface area contributed by atoms with E-state index in [0.717, 1.165) is 38.4 Å². The molecule has 1 N–H and O–H groups in total. The number of rotatable bonds is 4. The van der Waals surface area contributed by atoms with Gasteiger partial charge < -0.3 is 10.2 Å². The molecule has 5 nitrogen and oxygen atoms in total. The van der Waals surface area contributed by atoms with Gasteiger partial charge in [0.25, 0.3) is 0 Å². The van der Waals surface area contributed by atoms with Crippen molar-refractivity contribution in [1.29, 1.82) is 0 Å². The average Bonchev–Trinajstić information content (AvgIpc) is 2.87. The minimum Gasteiger partial charge on any atom is -0.382 e. The van der Waals surface area contributed by atoms with Crippen LogP contribution in [0.15, 0.2) is 30.6 Å². The number of aryl methyl sites for hydroxylation is 1. The molecule has 100 valence electrons. The number of fused-ring (bicyclic) bond motifs is 1. The van der Waals surface area contributed by atoms with Crippen molar-refractivity contribution in [2.45, 2.75) is 26.4 Å². The fraction of sp³-hybridized carbons (Fsp3) is 0.429. The smallest absolute Gasteiger partial charge is 0.146 e. The van der Waals surface area contributed by atoms with Crippen LogP contribution in [0.4, 0.5) is 11.4 Å². The van der Waals surface area contributed by atoms with Gasteiger partial charge in [0.2, 0.25) is 0 Å². The molecule has 0 bridgehead atoms. The highest BCUT2D eigenvalue weighted by Gasteiger charge is 2.17. The quantitative estimate of drug-likeness (QED) is 0.911. The highest BCUT2D eigenvalue weighted by Crippen LogP contribution is 2.29. The van der Waals surface area contributed by atoms with Gasteiger partial charge in [0.05, 0.1) is 17.9 Å². The maximum Gasteiger partial charge on any atom is 0.146 e. The maximum atomic E-state index is 4.39. The van der Waals surface area contributed by atoms with E-state index in [1.807, 2.05) is 4.68 Å². The molecule has 0 saturated heterocycles. The Labute approximate surface area is 113 Å². The van der Waals surface area contributed by atoms with E-state index in [4.69, 9.17) is 0 Å². The molecule has 0 aliphatic carbocycles. The third-order valence-corrected chi connectivity index (χ3v) is 3.41. The van der Waals surface area contributed by atoms with Gasteiger partial charge in [-0.25, -0.2) is 9.67 Å². The zero-order valence-electron chi connectivity index (χ0n) is 11.2. The number of nitrogens with one attached hydrogen (secondary N) is 1. The Morgan fingerprint density at radius 3 is 3.11 bits per heavy atom. The Morgan fingerprint density at radius 1 is 1.32 bits per heavy atom. The Morgan fingerprint density at radius 2 is 2.21 bits per heavy atom. The van der Waals surface area contributed by atoms with E-state index in [9.17, 15) is 0 Å². The number of aromatic nitrogens is 3. The molecular formula is C14H19N5. The Balaban J connectivity index is 1.82.